The number of aromatic nitrogens is 1. The number of hydrogen-bond donors (Lipinski definition) is 0. The molecule has 0 saturated heterocycles. The molecule has 0 fully saturated rings. The lowest BCUT2D eigenvalue weighted by Gasteiger charge is -1.80. The Labute approximate surface area is 73.7 Å². The zero-order valence-corrected chi connectivity index (χ0v) is 7.28. The van der Waals surface area contributed by atoms with E-state index in [1.807, 2.05) is 18.2 Å². The monoisotopic (exact) mass is 179 g/mol. The second-order valence-corrected chi connectivity index (χ2v) is 3.44. The van der Waals surface area contributed by atoms with E-state index in [9.17, 15) is 0 Å². The van der Waals surface area contributed by atoms with Gasteiger partial charge in [-0.2, -0.15) is 0 Å². The molecule has 0 N–H and O–H groups in total. The zero-order valence-electron chi connectivity index (χ0n) is 5.65. The van der Waals surface area contributed by atoms with Crippen LogP contribution in [0.2, 0.25) is 0 Å². The first-order valence-corrected chi connectivity index (χ1v) is 4.50. The molecule has 1 aromatic heterocycles. The highest BCUT2D eigenvalue weighted by molar-refractivity contribution is 7.79. The molecule has 54 valence electrons. The summed E-state index contributed by atoms with van der Waals surface area (Å²) in [6, 6.07) is 8.03. The summed E-state index contributed by atoms with van der Waals surface area (Å²) >= 11 is 6.41. The molecule has 0 atom stereocenters. The van der Waals surface area contributed by atoms with Crippen molar-refractivity contribution in [2.75, 3.05) is 0 Å². The van der Waals surface area contributed by atoms with Crippen LogP contribution in [0, 0.1) is 0 Å². The van der Waals surface area contributed by atoms with E-state index >= 15 is 0 Å². The zero-order chi connectivity index (χ0) is 7.68. The molecule has 2 rings (SSSR count). The quantitative estimate of drug-likeness (QED) is 0.624. The SMILES string of the molecule is S=Cc1nc2ccccc2s1. The molecule has 0 aliphatic rings. The first kappa shape index (κ1) is 6.88. The van der Waals surface area contributed by atoms with Crippen molar-refractivity contribution >= 4 is 39.1 Å². The third-order valence-corrected chi connectivity index (χ3v) is 2.77. The average molecular weight is 179 g/mol. The molecular weight excluding hydrogens is 174 g/mol. The maximum Gasteiger partial charge on any atom is 0.128 e. The van der Waals surface area contributed by atoms with E-state index in [2.05, 4.69) is 11.1 Å². The van der Waals surface area contributed by atoms with Gasteiger partial charge in [0, 0.05) is 5.37 Å². The van der Waals surface area contributed by atoms with Crippen LogP contribution >= 0.6 is 23.6 Å². The Morgan fingerprint density at radius 3 is 2.91 bits per heavy atom. The van der Waals surface area contributed by atoms with Gasteiger partial charge in [0.2, 0.25) is 0 Å². The van der Waals surface area contributed by atoms with Crippen molar-refractivity contribution in [1.29, 1.82) is 0 Å². The number of nitrogens with zero attached hydrogens (tertiary/aromatic N) is 1. The first-order chi connectivity index (χ1) is 5.40. The maximum absolute atomic E-state index is 4.78. The summed E-state index contributed by atoms with van der Waals surface area (Å²) in [7, 11) is 0. The second-order valence-electron chi connectivity index (χ2n) is 2.14. The molecule has 1 heterocycles. The van der Waals surface area contributed by atoms with Crippen molar-refractivity contribution in [2.45, 2.75) is 0 Å². The van der Waals surface area contributed by atoms with Crippen LogP contribution in [0.15, 0.2) is 24.3 Å². The van der Waals surface area contributed by atoms with Crippen molar-refractivity contribution < 1.29 is 0 Å². The van der Waals surface area contributed by atoms with Gasteiger partial charge >= 0.3 is 0 Å². The largest absolute Gasteiger partial charge is 0.236 e. The van der Waals surface area contributed by atoms with E-state index in [1.54, 1.807) is 16.7 Å². The summed E-state index contributed by atoms with van der Waals surface area (Å²) in [4.78, 5) is 4.29. The Morgan fingerprint density at radius 2 is 2.18 bits per heavy atom. The molecule has 0 unspecified atom stereocenters. The van der Waals surface area contributed by atoms with Crippen LogP contribution in [-0.4, -0.2) is 10.4 Å². The number of rotatable bonds is 1. The van der Waals surface area contributed by atoms with Gasteiger partial charge < -0.3 is 0 Å². The molecule has 0 amide bonds. The van der Waals surface area contributed by atoms with Gasteiger partial charge in [-0.3, -0.25) is 0 Å². The molecule has 0 aliphatic heterocycles. The van der Waals surface area contributed by atoms with Crippen LogP contribution in [0.5, 0.6) is 0 Å². The van der Waals surface area contributed by atoms with Crippen molar-refractivity contribution in [1.82, 2.24) is 4.98 Å². The average Bonchev–Trinajstić information content (AvgIpc) is 2.46. The van der Waals surface area contributed by atoms with E-state index in [0.717, 1.165) is 10.5 Å². The first-order valence-electron chi connectivity index (χ1n) is 3.21. The minimum Gasteiger partial charge on any atom is -0.236 e. The summed E-state index contributed by atoms with van der Waals surface area (Å²) in [5, 5.41) is 2.53. The fourth-order valence-corrected chi connectivity index (χ4v) is 1.92. The van der Waals surface area contributed by atoms with E-state index < -0.39 is 0 Å². The normalized spacial score (nSPS) is 10.2. The highest BCUT2D eigenvalue weighted by Crippen LogP contribution is 2.19. The highest BCUT2D eigenvalue weighted by Gasteiger charge is 1.97. The van der Waals surface area contributed by atoms with Crippen LogP contribution in [-0.2, 0) is 0 Å². The molecule has 2 aromatic rings. The Balaban J connectivity index is 2.78. The molecule has 0 aliphatic carbocycles. The lowest BCUT2D eigenvalue weighted by molar-refractivity contribution is 1.48. The third-order valence-electron chi connectivity index (χ3n) is 1.41. The van der Waals surface area contributed by atoms with Crippen LogP contribution in [0.3, 0.4) is 0 Å². The Hall–Kier alpha value is -0.800. The van der Waals surface area contributed by atoms with Crippen LogP contribution in [0.25, 0.3) is 10.2 Å². The minimum atomic E-state index is 0.918. The topological polar surface area (TPSA) is 12.9 Å². The number of benzene rings is 1. The fourth-order valence-electron chi connectivity index (χ4n) is 0.940. The molecule has 0 bridgehead atoms. The lowest BCUT2D eigenvalue weighted by atomic mass is 10.3. The predicted molar refractivity (Wildman–Crippen MR) is 52.4 cm³/mol. The number of fused-ring (bicyclic) bond motifs is 1. The van der Waals surface area contributed by atoms with E-state index in [1.165, 1.54) is 4.70 Å². The summed E-state index contributed by atoms with van der Waals surface area (Å²) < 4.78 is 1.20. The molecule has 1 aromatic carbocycles. The Morgan fingerprint density at radius 1 is 1.36 bits per heavy atom. The van der Waals surface area contributed by atoms with Crippen LogP contribution < -0.4 is 0 Å². The van der Waals surface area contributed by atoms with E-state index in [0.29, 0.717) is 0 Å². The van der Waals surface area contributed by atoms with Gasteiger partial charge in [-0.05, 0) is 12.1 Å². The Bertz CT molecular complexity index is 359. The number of thiazole rings is 1. The molecular formula is C8H5NS2. The predicted octanol–water partition coefficient (Wildman–Crippen LogP) is 2.64. The summed E-state index contributed by atoms with van der Waals surface area (Å²) in [6.07, 6.45) is 0. The van der Waals surface area contributed by atoms with Gasteiger partial charge in [0.1, 0.15) is 5.01 Å². The molecule has 3 heteroatoms. The van der Waals surface area contributed by atoms with Gasteiger partial charge in [-0.15, -0.1) is 11.3 Å². The molecule has 11 heavy (non-hydrogen) atoms. The lowest BCUT2D eigenvalue weighted by Crippen LogP contribution is -1.71. The van der Waals surface area contributed by atoms with Crippen molar-refractivity contribution in [3.63, 3.8) is 0 Å². The summed E-state index contributed by atoms with van der Waals surface area (Å²) in [6.45, 7) is 0. The van der Waals surface area contributed by atoms with Crippen molar-refractivity contribution in [3.8, 4) is 0 Å². The van der Waals surface area contributed by atoms with Crippen LogP contribution in [0.4, 0.5) is 0 Å². The fraction of sp³-hybridized carbons (Fsp3) is 0. The van der Waals surface area contributed by atoms with Gasteiger partial charge in [0.15, 0.2) is 0 Å². The van der Waals surface area contributed by atoms with Gasteiger partial charge in [0.25, 0.3) is 0 Å². The van der Waals surface area contributed by atoms with E-state index in [-0.39, 0.29) is 0 Å². The summed E-state index contributed by atoms with van der Waals surface area (Å²) in [5.41, 5.74) is 1.04. The van der Waals surface area contributed by atoms with Crippen LogP contribution in [0.1, 0.15) is 5.01 Å². The second kappa shape index (κ2) is 2.68. The van der Waals surface area contributed by atoms with Gasteiger partial charge in [0.05, 0.1) is 10.2 Å². The number of hydrogen-bond acceptors (Lipinski definition) is 3. The van der Waals surface area contributed by atoms with Crippen molar-refractivity contribution in [3.05, 3.63) is 29.3 Å². The van der Waals surface area contributed by atoms with Gasteiger partial charge in [-0.1, -0.05) is 24.4 Å². The smallest absolute Gasteiger partial charge is 0.128 e. The maximum atomic E-state index is 4.78. The third kappa shape index (κ3) is 1.17. The summed E-state index contributed by atoms with van der Waals surface area (Å²) in [5.74, 6) is 0. The van der Waals surface area contributed by atoms with Gasteiger partial charge in [-0.25, -0.2) is 4.98 Å². The Kier molecular flexibility index (Phi) is 1.68. The number of para-hydroxylation sites is 1. The highest BCUT2D eigenvalue weighted by atomic mass is 32.1. The standard InChI is InChI=1S/C8H5NS2/c10-5-8-9-6-3-1-2-4-7(6)11-8/h1-5H. The molecule has 0 spiro atoms. The van der Waals surface area contributed by atoms with Crippen molar-refractivity contribution in [2.24, 2.45) is 0 Å². The molecule has 1 nitrogen and oxygen atoms in total. The number of thiocarbonyl (C=S) groups is 1. The molecule has 0 radical (unpaired) electrons. The minimum absolute atomic E-state index is 0.918. The molecule has 0 saturated carbocycles. The van der Waals surface area contributed by atoms with E-state index in [4.69, 9.17) is 12.2 Å².